The van der Waals surface area contributed by atoms with Crippen molar-refractivity contribution in [2.24, 2.45) is 5.14 Å². The molecule has 1 fully saturated rings. The molecule has 2 unspecified atom stereocenters. The number of nitrogens with two attached hydrogens (primary N) is 1. The number of piperidine rings is 1. The maximum Gasteiger partial charge on any atom is 0.0152 e. The van der Waals surface area contributed by atoms with E-state index >= 15 is 0 Å². The maximum atomic E-state index is 8.78. The molecule has 0 radical (unpaired) electrons. The van der Waals surface area contributed by atoms with Gasteiger partial charge in [-0.1, -0.05) is 20.3 Å². The molecule has 0 aliphatic carbocycles. The lowest BCUT2D eigenvalue weighted by atomic mass is 10.0. The standard InChI is InChI=1S/C9H19N.H3NO2S/c1-3-9-7-5-6-8-10(9)4-2;1-4(2)3/h9H,3-8H2,1-2H3;1H2,(H,2,3)/p-1. The van der Waals surface area contributed by atoms with E-state index in [4.69, 9.17) is 8.76 Å². The average molecular weight is 221 g/mol. The van der Waals surface area contributed by atoms with Crippen LogP contribution >= 0.6 is 0 Å². The second-order valence-electron chi connectivity index (χ2n) is 3.45. The molecule has 1 aliphatic heterocycles. The van der Waals surface area contributed by atoms with Crippen molar-refractivity contribution in [3.05, 3.63) is 0 Å². The molecule has 0 aromatic carbocycles. The van der Waals surface area contributed by atoms with Crippen LogP contribution in [0.3, 0.4) is 0 Å². The van der Waals surface area contributed by atoms with Crippen LogP contribution in [-0.4, -0.2) is 32.8 Å². The average Bonchev–Trinajstić information content (AvgIpc) is 2.17. The zero-order valence-electron chi connectivity index (χ0n) is 9.07. The van der Waals surface area contributed by atoms with E-state index in [1.807, 2.05) is 0 Å². The lowest BCUT2D eigenvalue weighted by molar-refractivity contribution is 0.152. The molecule has 1 aliphatic rings. The zero-order chi connectivity index (χ0) is 11.0. The molecule has 2 N–H and O–H groups in total. The van der Waals surface area contributed by atoms with E-state index in [1.54, 1.807) is 0 Å². The normalized spacial score (nSPS) is 25.0. The van der Waals surface area contributed by atoms with E-state index in [1.165, 1.54) is 38.8 Å². The molecule has 1 saturated heterocycles. The van der Waals surface area contributed by atoms with Crippen molar-refractivity contribution in [1.29, 1.82) is 0 Å². The minimum atomic E-state index is -2.36. The van der Waals surface area contributed by atoms with Crippen molar-refractivity contribution < 1.29 is 8.76 Å². The summed E-state index contributed by atoms with van der Waals surface area (Å²) in [6, 6.07) is 0.902. The summed E-state index contributed by atoms with van der Waals surface area (Å²) in [5.74, 6) is 0. The summed E-state index contributed by atoms with van der Waals surface area (Å²) in [6.07, 6.45) is 5.65. The SMILES string of the molecule is CCC1CCCCN1CC.NS(=O)[O-]. The maximum absolute atomic E-state index is 8.78. The topological polar surface area (TPSA) is 69.4 Å². The molecule has 0 amide bonds. The fourth-order valence-corrected chi connectivity index (χ4v) is 1.94. The first-order valence-corrected chi connectivity index (χ1v) is 6.33. The van der Waals surface area contributed by atoms with Gasteiger partial charge in [-0.05, 0) is 32.4 Å². The second kappa shape index (κ2) is 8.35. The molecule has 1 heterocycles. The van der Waals surface area contributed by atoms with Gasteiger partial charge in [0, 0.05) is 17.3 Å². The lowest BCUT2D eigenvalue weighted by Gasteiger charge is -2.34. The highest BCUT2D eigenvalue weighted by Crippen LogP contribution is 2.18. The van der Waals surface area contributed by atoms with Crippen LogP contribution < -0.4 is 5.14 Å². The second-order valence-corrected chi connectivity index (χ2v) is 3.97. The van der Waals surface area contributed by atoms with Gasteiger partial charge >= 0.3 is 0 Å². The lowest BCUT2D eigenvalue weighted by Crippen LogP contribution is -2.38. The Morgan fingerprint density at radius 3 is 2.43 bits per heavy atom. The fraction of sp³-hybridized carbons (Fsp3) is 1.00. The van der Waals surface area contributed by atoms with Gasteiger partial charge in [0.25, 0.3) is 0 Å². The van der Waals surface area contributed by atoms with E-state index in [0.717, 1.165) is 6.04 Å². The van der Waals surface area contributed by atoms with Crippen molar-refractivity contribution in [3.8, 4) is 0 Å². The van der Waals surface area contributed by atoms with Gasteiger partial charge < -0.3 is 9.45 Å². The van der Waals surface area contributed by atoms with Gasteiger partial charge in [-0.15, -0.1) is 0 Å². The van der Waals surface area contributed by atoms with E-state index in [0.29, 0.717) is 0 Å². The minimum absolute atomic E-state index is 0.902. The van der Waals surface area contributed by atoms with Gasteiger partial charge in [0.2, 0.25) is 0 Å². The van der Waals surface area contributed by atoms with Gasteiger partial charge in [0.05, 0.1) is 0 Å². The van der Waals surface area contributed by atoms with Crippen LogP contribution in [0.1, 0.15) is 39.5 Å². The Kier molecular flexibility index (Phi) is 8.37. The first-order valence-electron chi connectivity index (χ1n) is 5.19. The van der Waals surface area contributed by atoms with Crippen LogP contribution in [0, 0.1) is 0 Å². The monoisotopic (exact) mass is 221 g/mol. The smallest absolute Gasteiger partial charge is 0.0152 e. The molecule has 2 atom stereocenters. The van der Waals surface area contributed by atoms with Gasteiger partial charge in [0.1, 0.15) is 0 Å². The molecule has 0 spiro atoms. The number of hydrogen-bond acceptors (Lipinski definition) is 3. The summed E-state index contributed by atoms with van der Waals surface area (Å²) in [5.41, 5.74) is 0. The van der Waals surface area contributed by atoms with Crippen molar-refractivity contribution >= 4 is 11.3 Å². The highest BCUT2D eigenvalue weighted by atomic mass is 32.2. The van der Waals surface area contributed by atoms with E-state index in [-0.39, 0.29) is 0 Å². The molecule has 14 heavy (non-hydrogen) atoms. The Morgan fingerprint density at radius 2 is 2.07 bits per heavy atom. The van der Waals surface area contributed by atoms with Crippen LogP contribution in [0.5, 0.6) is 0 Å². The fourth-order valence-electron chi connectivity index (χ4n) is 1.94. The Morgan fingerprint density at radius 1 is 1.50 bits per heavy atom. The van der Waals surface area contributed by atoms with Crippen LogP contribution in [-0.2, 0) is 11.3 Å². The third-order valence-electron chi connectivity index (χ3n) is 2.63. The summed E-state index contributed by atoms with van der Waals surface area (Å²) in [4.78, 5) is 2.61. The quantitative estimate of drug-likeness (QED) is 0.707. The van der Waals surface area contributed by atoms with Crippen LogP contribution in [0.4, 0.5) is 0 Å². The molecule has 0 aromatic heterocycles. The van der Waals surface area contributed by atoms with Gasteiger partial charge in [-0.3, -0.25) is 9.35 Å². The van der Waals surface area contributed by atoms with Gasteiger partial charge in [0.15, 0.2) is 0 Å². The predicted molar refractivity (Wildman–Crippen MR) is 58.3 cm³/mol. The first-order chi connectivity index (χ1) is 6.61. The molecule has 86 valence electrons. The molecule has 0 bridgehead atoms. The third kappa shape index (κ3) is 6.48. The van der Waals surface area contributed by atoms with Gasteiger partial charge in [-0.25, -0.2) is 0 Å². The molecule has 1 rings (SSSR count). The molecular formula is C9H21N2O2S-. The number of rotatable bonds is 2. The Bertz CT molecular complexity index is 151. The first kappa shape index (κ1) is 14.0. The summed E-state index contributed by atoms with van der Waals surface area (Å²) in [7, 11) is 0. The highest BCUT2D eigenvalue weighted by molar-refractivity contribution is 7.76. The largest absolute Gasteiger partial charge is 0.760 e. The summed E-state index contributed by atoms with van der Waals surface area (Å²) in [6.45, 7) is 7.17. The van der Waals surface area contributed by atoms with Gasteiger partial charge in [-0.2, -0.15) is 0 Å². The Hall–Kier alpha value is 0.0300. The summed E-state index contributed by atoms with van der Waals surface area (Å²) in [5, 5.41) is 4.03. The van der Waals surface area contributed by atoms with Crippen molar-refractivity contribution in [2.45, 2.75) is 45.6 Å². The Labute approximate surface area is 89.3 Å². The van der Waals surface area contributed by atoms with Crippen molar-refractivity contribution in [3.63, 3.8) is 0 Å². The predicted octanol–water partition coefficient (Wildman–Crippen LogP) is 1.01. The molecular weight excluding hydrogens is 200 g/mol. The summed E-state index contributed by atoms with van der Waals surface area (Å²) < 4.78 is 17.6. The summed E-state index contributed by atoms with van der Waals surface area (Å²) >= 11 is -2.36. The minimum Gasteiger partial charge on any atom is -0.760 e. The number of likely N-dealkylation sites (tertiary alicyclic amines) is 1. The van der Waals surface area contributed by atoms with Crippen LogP contribution in [0.15, 0.2) is 0 Å². The third-order valence-corrected chi connectivity index (χ3v) is 2.63. The molecule has 0 saturated carbocycles. The Balaban J connectivity index is 0.000000364. The van der Waals surface area contributed by atoms with E-state index < -0.39 is 11.3 Å². The van der Waals surface area contributed by atoms with Crippen molar-refractivity contribution in [2.75, 3.05) is 13.1 Å². The number of nitrogens with zero attached hydrogens (tertiary/aromatic N) is 1. The van der Waals surface area contributed by atoms with E-state index in [9.17, 15) is 0 Å². The molecule has 4 nitrogen and oxygen atoms in total. The van der Waals surface area contributed by atoms with Crippen molar-refractivity contribution in [1.82, 2.24) is 4.90 Å². The highest BCUT2D eigenvalue weighted by Gasteiger charge is 2.17. The molecule has 5 heteroatoms. The van der Waals surface area contributed by atoms with Crippen LogP contribution in [0.25, 0.3) is 0 Å². The van der Waals surface area contributed by atoms with Crippen LogP contribution in [0.2, 0.25) is 0 Å². The molecule has 0 aromatic rings. The zero-order valence-corrected chi connectivity index (χ0v) is 9.89. The van der Waals surface area contributed by atoms with E-state index in [2.05, 4.69) is 23.9 Å². The number of hydrogen-bond donors (Lipinski definition) is 1.